The molecule has 1 spiro atoms. The van der Waals surface area contributed by atoms with Crippen molar-refractivity contribution in [3.05, 3.63) is 186 Å². The summed E-state index contributed by atoms with van der Waals surface area (Å²) in [5.41, 5.74) is 14.1. The molecule has 9 rings (SSSR count). The third-order valence-electron chi connectivity index (χ3n) is 9.72. The highest BCUT2D eigenvalue weighted by molar-refractivity contribution is 5.74. The molecule has 0 aliphatic carbocycles. The number of benzene rings is 4. The Bertz CT molecular complexity index is 2180. The molecule has 1 atom stereocenters. The molecular formula is C42H32N3+3. The summed E-state index contributed by atoms with van der Waals surface area (Å²) >= 11 is 0. The summed E-state index contributed by atoms with van der Waals surface area (Å²) in [6.45, 7) is 3.07. The first-order valence-corrected chi connectivity index (χ1v) is 15.7. The van der Waals surface area contributed by atoms with Gasteiger partial charge in [0.1, 0.15) is 11.1 Å². The molecule has 0 amide bonds. The largest absolute Gasteiger partial charge is 0.417 e. The monoisotopic (exact) mass is 578 g/mol. The zero-order valence-electron chi connectivity index (χ0n) is 25.1. The van der Waals surface area contributed by atoms with E-state index in [0.717, 1.165) is 6.54 Å². The standard InChI is InChI=1S/C42H32N3/c1-30-33(31-15-3-2-4-16-31)25-26-41-36-20-8-10-22-38(36)42(45(30)41)37-21-9-7-19-35(37)39-23-11-13-27-43(39)29-32-17-5-6-18-34(32)40-24-12-14-28-44(40)42/h2-28H,29H2,1H3/q+3. The summed E-state index contributed by atoms with van der Waals surface area (Å²) < 4.78 is 7.56. The molecule has 212 valence electrons. The van der Waals surface area contributed by atoms with Crippen LogP contribution in [-0.2, 0) is 12.2 Å². The van der Waals surface area contributed by atoms with E-state index in [1.54, 1.807) is 0 Å². The van der Waals surface area contributed by atoms with Crippen LogP contribution in [0.4, 0.5) is 0 Å². The van der Waals surface area contributed by atoms with Gasteiger partial charge in [0.05, 0.1) is 16.7 Å². The van der Waals surface area contributed by atoms with Gasteiger partial charge in [-0.15, -0.1) is 9.13 Å². The first-order chi connectivity index (χ1) is 22.3. The van der Waals surface area contributed by atoms with E-state index >= 15 is 0 Å². The molecule has 0 radical (unpaired) electrons. The van der Waals surface area contributed by atoms with Crippen LogP contribution < -0.4 is 13.7 Å². The predicted molar refractivity (Wildman–Crippen MR) is 177 cm³/mol. The van der Waals surface area contributed by atoms with Crippen molar-refractivity contribution >= 4 is 0 Å². The van der Waals surface area contributed by atoms with E-state index in [0.29, 0.717) is 0 Å². The number of fused-ring (bicyclic) bond motifs is 13. The highest BCUT2D eigenvalue weighted by Crippen LogP contribution is 2.45. The van der Waals surface area contributed by atoms with Gasteiger partial charge in [-0.25, -0.2) is 0 Å². The Kier molecular flexibility index (Phi) is 5.69. The minimum atomic E-state index is -0.716. The molecule has 0 saturated carbocycles. The SMILES string of the molecule is Cc1c(-c2ccccc2)ccc2[n+]1C1(c3ccccc3-c3cccc[n+]3Cc3ccccc3-c3cccc[n+]31)c1ccccc1-2. The van der Waals surface area contributed by atoms with Crippen molar-refractivity contribution in [3.63, 3.8) is 0 Å². The summed E-state index contributed by atoms with van der Waals surface area (Å²) in [7, 11) is 0. The molecule has 0 saturated heterocycles. The Morgan fingerprint density at radius 2 is 1.07 bits per heavy atom. The smallest absolute Gasteiger partial charge is 0.194 e. The third-order valence-corrected chi connectivity index (χ3v) is 9.72. The van der Waals surface area contributed by atoms with Gasteiger partial charge in [-0.05, 0) is 54.1 Å². The van der Waals surface area contributed by atoms with E-state index in [9.17, 15) is 0 Å². The second kappa shape index (κ2) is 9.93. The average molecular weight is 579 g/mol. The van der Waals surface area contributed by atoms with Gasteiger partial charge in [-0.2, -0.15) is 4.57 Å². The summed E-state index contributed by atoms with van der Waals surface area (Å²) in [5.74, 6) is 0. The highest BCUT2D eigenvalue weighted by Gasteiger charge is 2.64. The van der Waals surface area contributed by atoms with Gasteiger partial charge in [-0.1, -0.05) is 72.8 Å². The van der Waals surface area contributed by atoms with Gasteiger partial charge >= 0.3 is 5.66 Å². The van der Waals surface area contributed by atoms with Crippen molar-refractivity contribution in [3.8, 4) is 44.9 Å². The van der Waals surface area contributed by atoms with Crippen LogP contribution in [0, 0.1) is 6.92 Å². The fraction of sp³-hybridized carbons (Fsp3) is 0.0714. The Morgan fingerprint density at radius 3 is 1.84 bits per heavy atom. The molecule has 3 heteroatoms. The van der Waals surface area contributed by atoms with Crippen LogP contribution in [0.1, 0.15) is 22.4 Å². The van der Waals surface area contributed by atoms with Gasteiger partial charge in [0, 0.05) is 48.4 Å². The van der Waals surface area contributed by atoms with Gasteiger partial charge in [0.25, 0.3) is 0 Å². The number of hydrogen-bond acceptors (Lipinski definition) is 0. The number of pyridine rings is 3. The maximum atomic E-state index is 2.61. The molecule has 2 aliphatic heterocycles. The van der Waals surface area contributed by atoms with Gasteiger partial charge in [0.15, 0.2) is 24.6 Å². The lowest BCUT2D eigenvalue weighted by Crippen LogP contribution is -2.75. The Balaban J connectivity index is 1.53. The second-order valence-corrected chi connectivity index (χ2v) is 12.0. The van der Waals surface area contributed by atoms with E-state index < -0.39 is 5.66 Å². The summed E-state index contributed by atoms with van der Waals surface area (Å²) in [6, 6.07) is 55.6. The van der Waals surface area contributed by atoms with Crippen molar-refractivity contribution in [1.82, 2.24) is 0 Å². The van der Waals surface area contributed by atoms with Crippen LogP contribution >= 0.6 is 0 Å². The summed E-state index contributed by atoms with van der Waals surface area (Å²) in [4.78, 5) is 0. The Morgan fingerprint density at radius 1 is 0.467 bits per heavy atom. The molecule has 5 heterocycles. The van der Waals surface area contributed by atoms with Gasteiger partial charge in [0.2, 0.25) is 17.1 Å². The van der Waals surface area contributed by atoms with E-state index in [-0.39, 0.29) is 0 Å². The average Bonchev–Trinajstić information content (AvgIpc) is 3.41. The molecule has 3 nitrogen and oxygen atoms in total. The summed E-state index contributed by atoms with van der Waals surface area (Å²) in [6.07, 6.45) is 4.51. The van der Waals surface area contributed by atoms with Crippen LogP contribution in [-0.4, -0.2) is 0 Å². The van der Waals surface area contributed by atoms with Crippen molar-refractivity contribution < 1.29 is 13.7 Å². The predicted octanol–water partition coefficient (Wildman–Crippen LogP) is 7.50. The quantitative estimate of drug-likeness (QED) is 0.179. The van der Waals surface area contributed by atoms with Crippen molar-refractivity contribution in [2.45, 2.75) is 19.1 Å². The minimum Gasteiger partial charge on any atom is -0.194 e. The zero-order chi connectivity index (χ0) is 30.0. The van der Waals surface area contributed by atoms with Gasteiger partial charge in [-0.3, -0.25) is 0 Å². The third kappa shape index (κ3) is 3.61. The minimum absolute atomic E-state index is 0.716. The molecular weight excluding hydrogens is 546 g/mol. The normalized spacial score (nSPS) is 15.7. The maximum absolute atomic E-state index is 2.61. The zero-order valence-corrected chi connectivity index (χ0v) is 25.1. The van der Waals surface area contributed by atoms with Crippen LogP contribution in [0.2, 0.25) is 0 Å². The fourth-order valence-corrected chi connectivity index (χ4v) is 7.88. The fourth-order valence-electron chi connectivity index (χ4n) is 7.88. The topological polar surface area (TPSA) is 11.6 Å². The van der Waals surface area contributed by atoms with E-state index in [1.807, 2.05) is 0 Å². The molecule has 4 aromatic carbocycles. The van der Waals surface area contributed by atoms with E-state index in [4.69, 9.17) is 0 Å². The maximum Gasteiger partial charge on any atom is 0.417 e. The van der Waals surface area contributed by atoms with E-state index in [2.05, 4.69) is 185 Å². The molecule has 0 N–H and O–H groups in total. The lowest BCUT2D eigenvalue weighted by molar-refractivity contribution is -0.960. The highest BCUT2D eigenvalue weighted by atomic mass is 15.3. The van der Waals surface area contributed by atoms with Crippen molar-refractivity contribution in [1.29, 1.82) is 0 Å². The Hall–Kier alpha value is -5.67. The van der Waals surface area contributed by atoms with Gasteiger partial charge < -0.3 is 0 Å². The molecule has 7 aromatic rings. The van der Waals surface area contributed by atoms with Crippen LogP contribution in [0.15, 0.2) is 164 Å². The molecule has 0 fully saturated rings. The van der Waals surface area contributed by atoms with Crippen molar-refractivity contribution in [2.24, 2.45) is 0 Å². The summed E-state index contributed by atoms with van der Waals surface area (Å²) in [5, 5.41) is 0. The number of nitrogens with zero attached hydrogens (tertiary/aromatic N) is 3. The first kappa shape index (κ1) is 25.8. The molecule has 1 unspecified atom stereocenters. The molecule has 0 bridgehead atoms. The second-order valence-electron chi connectivity index (χ2n) is 12.0. The molecule has 3 aromatic heterocycles. The molecule has 45 heavy (non-hydrogen) atoms. The molecule has 2 aliphatic rings. The van der Waals surface area contributed by atoms with E-state index in [1.165, 1.54) is 67.3 Å². The van der Waals surface area contributed by atoms with Crippen molar-refractivity contribution in [2.75, 3.05) is 0 Å². The first-order valence-electron chi connectivity index (χ1n) is 15.7. The number of rotatable bonds is 1. The number of aromatic nitrogens is 3. The van der Waals surface area contributed by atoms with Crippen LogP contribution in [0.3, 0.4) is 0 Å². The Labute approximate surface area is 263 Å². The van der Waals surface area contributed by atoms with Crippen LogP contribution in [0.25, 0.3) is 44.9 Å². The lowest BCUT2D eigenvalue weighted by Gasteiger charge is -2.27. The van der Waals surface area contributed by atoms with Crippen LogP contribution in [0.5, 0.6) is 0 Å². The number of hydrogen-bond donors (Lipinski definition) is 0. The lowest BCUT2D eigenvalue weighted by atomic mass is 9.84.